The van der Waals surface area contributed by atoms with Crippen LogP contribution in [-0.2, 0) is 9.78 Å². The Bertz CT molecular complexity index is 82.2. The fourth-order valence-electron chi connectivity index (χ4n) is 0.860. The van der Waals surface area contributed by atoms with Gasteiger partial charge in [0.2, 0.25) is 5.79 Å². The highest BCUT2D eigenvalue weighted by atomic mass is 17.2. The van der Waals surface area contributed by atoms with E-state index in [1.54, 1.807) is 6.92 Å². The predicted molar refractivity (Wildman–Crippen MR) is 40.0 cm³/mol. The molecule has 0 aromatic carbocycles. The van der Waals surface area contributed by atoms with E-state index in [1.165, 1.54) is 0 Å². The lowest BCUT2D eigenvalue weighted by Gasteiger charge is -2.24. The minimum absolute atomic E-state index is 0.417. The Morgan fingerprint density at radius 2 is 1.73 bits per heavy atom. The molecule has 0 saturated heterocycles. The summed E-state index contributed by atoms with van der Waals surface area (Å²) in [6, 6.07) is 0. The molecule has 0 atom stereocenters. The Morgan fingerprint density at radius 3 is 2.00 bits per heavy atom. The van der Waals surface area contributed by atoms with Crippen LogP contribution < -0.4 is 0 Å². The average molecular weight is 164 g/mol. The molecule has 0 aliphatic rings. The van der Waals surface area contributed by atoms with Crippen LogP contribution in [0.5, 0.6) is 0 Å². The SMILES string of the molecule is CCCCC(CC)(OO)OO. The average Bonchev–Trinajstić information content (AvgIpc) is 2.08. The first-order valence-electron chi connectivity index (χ1n) is 3.89. The molecule has 11 heavy (non-hydrogen) atoms. The van der Waals surface area contributed by atoms with Gasteiger partial charge in [0.1, 0.15) is 0 Å². The Hall–Kier alpha value is -0.160. The predicted octanol–water partition coefficient (Wildman–Crippen LogP) is 2.26. The van der Waals surface area contributed by atoms with Gasteiger partial charge in [-0.3, -0.25) is 0 Å². The zero-order valence-corrected chi connectivity index (χ0v) is 7.04. The first kappa shape index (κ1) is 10.8. The molecule has 0 aromatic heterocycles. The van der Waals surface area contributed by atoms with E-state index in [4.69, 9.17) is 10.5 Å². The maximum atomic E-state index is 8.42. The van der Waals surface area contributed by atoms with Crippen molar-refractivity contribution in [1.29, 1.82) is 0 Å². The quantitative estimate of drug-likeness (QED) is 0.359. The maximum Gasteiger partial charge on any atom is 0.233 e. The molecule has 0 radical (unpaired) electrons. The minimum atomic E-state index is -1.21. The molecule has 4 nitrogen and oxygen atoms in total. The summed E-state index contributed by atoms with van der Waals surface area (Å²) in [4.78, 5) is 8.13. The third-order valence-corrected chi connectivity index (χ3v) is 1.78. The normalized spacial score (nSPS) is 12.0. The number of hydrogen-bond acceptors (Lipinski definition) is 4. The largest absolute Gasteiger partial charge is 0.249 e. The van der Waals surface area contributed by atoms with E-state index in [0.717, 1.165) is 12.8 Å². The molecule has 0 heterocycles. The van der Waals surface area contributed by atoms with Crippen molar-refractivity contribution in [3.63, 3.8) is 0 Å². The second-order valence-electron chi connectivity index (χ2n) is 2.55. The van der Waals surface area contributed by atoms with Gasteiger partial charge in [0.15, 0.2) is 0 Å². The molecule has 0 spiro atoms. The van der Waals surface area contributed by atoms with Crippen molar-refractivity contribution in [3.05, 3.63) is 0 Å². The Labute approximate surface area is 66.6 Å². The van der Waals surface area contributed by atoms with E-state index < -0.39 is 5.79 Å². The molecule has 0 aliphatic carbocycles. The summed E-state index contributed by atoms with van der Waals surface area (Å²) in [5.74, 6) is -1.21. The van der Waals surface area contributed by atoms with Crippen LogP contribution in [0.4, 0.5) is 0 Å². The van der Waals surface area contributed by atoms with Crippen LogP contribution in [0.25, 0.3) is 0 Å². The van der Waals surface area contributed by atoms with Crippen LogP contribution in [0.2, 0.25) is 0 Å². The van der Waals surface area contributed by atoms with Gasteiger partial charge >= 0.3 is 0 Å². The molecule has 0 aromatic rings. The van der Waals surface area contributed by atoms with Gasteiger partial charge in [-0.15, -0.1) is 0 Å². The van der Waals surface area contributed by atoms with Gasteiger partial charge in [-0.05, 0) is 6.42 Å². The van der Waals surface area contributed by atoms with E-state index in [-0.39, 0.29) is 0 Å². The first-order valence-corrected chi connectivity index (χ1v) is 3.89. The standard InChI is InChI=1S/C7H16O4/c1-3-5-6-7(4-2,10-8)11-9/h8-9H,3-6H2,1-2H3. The summed E-state index contributed by atoms with van der Waals surface area (Å²) in [7, 11) is 0. The van der Waals surface area contributed by atoms with Crippen LogP contribution in [0.15, 0.2) is 0 Å². The molecular formula is C7H16O4. The zero-order valence-electron chi connectivity index (χ0n) is 7.04. The molecule has 0 unspecified atom stereocenters. The molecule has 0 saturated carbocycles. The summed E-state index contributed by atoms with van der Waals surface area (Å²) in [5, 5.41) is 16.8. The van der Waals surface area contributed by atoms with Crippen molar-refractivity contribution in [2.45, 2.75) is 45.3 Å². The number of rotatable bonds is 6. The van der Waals surface area contributed by atoms with E-state index >= 15 is 0 Å². The first-order chi connectivity index (χ1) is 5.24. The molecular weight excluding hydrogens is 148 g/mol. The second kappa shape index (κ2) is 5.49. The summed E-state index contributed by atoms with van der Waals surface area (Å²) in [6.07, 6.45) is 2.72. The van der Waals surface area contributed by atoms with Gasteiger partial charge in [-0.25, -0.2) is 20.3 Å². The van der Waals surface area contributed by atoms with Crippen molar-refractivity contribution < 1.29 is 20.3 Å². The summed E-state index contributed by atoms with van der Waals surface area (Å²) in [6.45, 7) is 3.78. The third-order valence-electron chi connectivity index (χ3n) is 1.78. The lowest BCUT2D eigenvalue weighted by molar-refractivity contribution is -0.488. The highest BCUT2D eigenvalue weighted by Gasteiger charge is 2.30. The molecule has 2 N–H and O–H groups in total. The van der Waals surface area contributed by atoms with E-state index in [0.29, 0.717) is 12.8 Å². The molecule has 0 amide bonds. The van der Waals surface area contributed by atoms with Gasteiger partial charge in [-0.2, -0.15) is 0 Å². The van der Waals surface area contributed by atoms with Crippen molar-refractivity contribution in [2.24, 2.45) is 0 Å². The van der Waals surface area contributed by atoms with Crippen LogP contribution in [0.1, 0.15) is 39.5 Å². The highest BCUT2D eigenvalue weighted by molar-refractivity contribution is 4.63. The van der Waals surface area contributed by atoms with Gasteiger partial charge in [0.25, 0.3) is 0 Å². The molecule has 0 fully saturated rings. The fourth-order valence-corrected chi connectivity index (χ4v) is 0.860. The van der Waals surface area contributed by atoms with Crippen molar-refractivity contribution in [1.82, 2.24) is 0 Å². The van der Waals surface area contributed by atoms with E-state index in [1.807, 2.05) is 6.92 Å². The lowest BCUT2D eigenvalue weighted by atomic mass is 10.1. The second-order valence-corrected chi connectivity index (χ2v) is 2.55. The van der Waals surface area contributed by atoms with Crippen molar-refractivity contribution in [2.75, 3.05) is 0 Å². The van der Waals surface area contributed by atoms with Gasteiger partial charge in [0, 0.05) is 12.8 Å². The Morgan fingerprint density at radius 1 is 1.18 bits per heavy atom. The molecule has 0 aliphatic heterocycles. The fraction of sp³-hybridized carbons (Fsp3) is 1.00. The van der Waals surface area contributed by atoms with Gasteiger partial charge in [0.05, 0.1) is 0 Å². The molecule has 4 heteroatoms. The molecule has 0 bridgehead atoms. The minimum Gasteiger partial charge on any atom is -0.249 e. The zero-order chi connectivity index (χ0) is 8.74. The Balaban J connectivity index is 3.84. The van der Waals surface area contributed by atoms with Gasteiger partial charge < -0.3 is 0 Å². The monoisotopic (exact) mass is 164 g/mol. The maximum absolute atomic E-state index is 8.42. The highest BCUT2D eigenvalue weighted by Crippen LogP contribution is 2.22. The topological polar surface area (TPSA) is 58.9 Å². The number of hydrogen-bond donors (Lipinski definition) is 2. The summed E-state index contributed by atoms with van der Waals surface area (Å²) >= 11 is 0. The van der Waals surface area contributed by atoms with E-state index in [2.05, 4.69) is 9.78 Å². The summed E-state index contributed by atoms with van der Waals surface area (Å²) in [5.41, 5.74) is 0. The Kier molecular flexibility index (Phi) is 5.41. The molecule has 0 rings (SSSR count). The smallest absolute Gasteiger partial charge is 0.233 e. The number of unbranched alkanes of at least 4 members (excludes halogenated alkanes) is 1. The van der Waals surface area contributed by atoms with Crippen molar-refractivity contribution >= 4 is 0 Å². The summed E-state index contributed by atoms with van der Waals surface area (Å²) < 4.78 is 0. The third kappa shape index (κ3) is 3.16. The van der Waals surface area contributed by atoms with Crippen LogP contribution in [0.3, 0.4) is 0 Å². The lowest BCUT2D eigenvalue weighted by Crippen LogP contribution is -2.33. The van der Waals surface area contributed by atoms with Crippen LogP contribution in [0, 0.1) is 0 Å². The van der Waals surface area contributed by atoms with Crippen LogP contribution in [-0.4, -0.2) is 16.3 Å². The van der Waals surface area contributed by atoms with Crippen LogP contribution >= 0.6 is 0 Å². The van der Waals surface area contributed by atoms with Gasteiger partial charge in [-0.1, -0.05) is 20.3 Å². The van der Waals surface area contributed by atoms with E-state index in [9.17, 15) is 0 Å². The molecule has 68 valence electrons. The van der Waals surface area contributed by atoms with Crippen molar-refractivity contribution in [3.8, 4) is 0 Å².